The second-order valence-electron chi connectivity index (χ2n) is 22.9. The number of hydrogen-bond donors (Lipinski definition) is 2. The van der Waals surface area contributed by atoms with Crippen molar-refractivity contribution in [1.82, 2.24) is 0 Å². The van der Waals surface area contributed by atoms with E-state index in [2.05, 4.69) is 121 Å². The van der Waals surface area contributed by atoms with Gasteiger partial charge in [-0.15, -0.1) is 0 Å². The van der Waals surface area contributed by atoms with E-state index in [4.69, 9.17) is 27.7 Å². The molecule has 11 atom stereocenters. The van der Waals surface area contributed by atoms with Gasteiger partial charge in [0.2, 0.25) is 0 Å². The Kier molecular flexibility index (Phi) is 25.2. The van der Waals surface area contributed by atoms with Crippen molar-refractivity contribution in [3.63, 3.8) is 0 Å². The molecular formula is C65H71NaO18S5. The Morgan fingerprint density at radius 2 is 0.775 bits per heavy atom. The smallest absolute Gasteiger partial charge is 0.773 e. The SMILES string of the molecule is CS(=O)[O-].Cc1cc([S+](c2ccccc2)c2ccccc2)cc(C)c1O.Cc1cc([S+](c2ccccc2)c2ccccc2)cc(C)c1O.O=C(CS(=O)(=O)[O-])OC1C2CC3CC(C2)C(=O)OC1C3.O=C(CS(=O)(=O)[O-])OC1C2CC3CC(C2)C(=O)OC1C3.[Na+]. The van der Waals surface area contributed by atoms with Crippen LogP contribution in [0.4, 0.5) is 0 Å². The number of hydrogen-bond acceptors (Lipinski definition) is 18. The molecular weight excluding hydrogens is 1250 g/mol. The third-order valence-electron chi connectivity index (χ3n) is 16.1. The van der Waals surface area contributed by atoms with E-state index < -0.39 is 79.2 Å². The maximum atomic E-state index is 11.8. The Balaban J connectivity index is 0.000000165. The number of esters is 4. The average molecular weight is 1320 g/mol. The number of benzene rings is 6. The van der Waals surface area contributed by atoms with Crippen molar-refractivity contribution in [2.45, 2.75) is 133 Å². The van der Waals surface area contributed by atoms with Crippen LogP contribution in [0.5, 0.6) is 11.5 Å². The van der Waals surface area contributed by atoms with Crippen LogP contribution in [-0.2, 0) is 91.2 Å². The minimum atomic E-state index is -4.65. The molecule has 6 aromatic carbocycles. The molecule has 4 saturated heterocycles. The summed E-state index contributed by atoms with van der Waals surface area (Å²) in [5, 5.41) is 20.1. The Hall–Kier alpha value is -5.57. The first kappa shape index (κ1) is 70.9. The van der Waals surface area contributed by atoms with E-state index in [1.807, 2.05) is 52.0 Å². The van der Waals surface area contributed by atoms with Gasteiger partial charge >= 0.3 is 53.4 Å². The summed E-state index contributed by atoms with van der Waals surface area (Å²) in [4.78, 5) is 54.3. The fourth-order valence-electron chi connectivity index (χ4n) is 12.6. The number of ether oxygens (including phenoxy) is 4. The molecule has 0 spiro atoms. The summed E-state index contributed by atoms with van der Waals surface area (Å²) in [5.41, 5.74) is 3.72. The number of phenols is 2. The van der Waals surface area contributed by atoms with E-state index in [0.717, 1.165) is 54.2 Å². The number of fused-ring (bicyclic) bond motifs is 2. The first-order chi connectivity index (χ1) is 41.7. The number of carbonyl (C=O) groups is 4. The summed E-state index contributed by atoms with van der Waals surface area (Å²) in [6.07, 6.45) is 4.68. The van der Waals surface area contributed by atoms with Gasteiger partial charge in [-0.25, -0.2) is 16.8 Å². The van der Waals surface area contributed by atoms with Crippen molar-refractivity contribution >= 4 is 77.0 Å². The first-order valence-corrected chi connectivity index (χ1v) is 35.8. The monoisotopic (exact) mass is 1320 g/mol. The van der Waals surface area contributed by atoms with E-state index in [1.165, 1.54) is 29.4 Å². The van der Waals surface area contributed by atoms with E-state index in [0.29, 0.717) is 49.0 Å². The Morgan fingerprint density at radius 3 is 1.03 bits per heavy atom. The molecule has 24 heteroatoms. The number of carbonyl (C=O) groups excluding carboxylic acids is 4. The summed E-state index contributed by atoms with van der Waals surface area (Å²) < 4.78 is 102. The van der Waals surface area contributed by atoms with Crippen LogP contribution >= 0.6 is 0 Å². The van der Waals surface area contributed by atoms with Crippen molar-refractivity contribution in [3.05, 3.63) is 168 Å². The molecule has 4 aliphatic carbocycles. The topological polar surface area (TPSA) is 300 Å². The molecule has 8 fully saturated rings. The van der Waals surface area contributed by atoms with Gasteiger partial charge in [0.15, 0.2) is 29.4 Å². The molecule has 0 aromatic heterocycles. The zero-order valence-corrected chi connectivity index (χ0v) is 56.3. The molecule has 14 rings (SSSR count). The van der Waals surface area contributed by atoms with Crippen molar-refractivity contribution in [2.24, 2.45) is 35.5 Å². The van der Waals surface area contributed by atoms with Crippen molar-refractivity contribution in [1.29, 1.82) is 0 Å². The van der Waals surface area contributed by atoms with Gasteiger partial charge in [-0.2, -0.15) is 0 Å². The van der Waals surface area contributed by atoms with Gasteiger partial charge in [0.25, 0.3) is 0 Å². The summed E-state index contributed by atoms with van der Waals surface area (Å²) in [6, 6.07) is 50.6. The normalized spacial score (nSPS) is 23.7. The molecule has 18 nitrogen and oxygen atoms in total. The third-order valence-corrected chi connectivity index (χ3v) is 21.7. The van der Waals surface area contributed by atoms with Crippen LogP contribution in [0.1, 0.15) is 73.6 Å². The number of phenolic OH excluding ortho intramolecular Hbond substituents is 2. The van der Waals surface area contributed by atoms with Crippen LogP contribution in [0.3, 0.4) is 0 Å². The number of rotatable bonds is 12. The van der Waals surface area contributed by atoms with Gasteiger partial charge in [-0.1, -0.05) is 83.9 Å². The minimum Gasteiger partial charge on any atom is -0.773 e. The summed E-state index contributed by atoms with van der Waals surface area (Å²) in [7, 11) is -9.61. The quantitative estimate of drug-likeness (QED) is 0.0338. The van der Waals surface area contributed by atoms with Crippen LogP contribution in [0.15, 0.2) is 175 Å². The molecule has 470 valence electrons. The van der Waals surface area contributed by atoms with Gasteiger partial charge < -0.3 is 42.8 Å². The zero-order valence-electron chi connectivity index (χ0n) is 50.2. The second-order valence-corrected chi connectivity index (χ2v) is 30.5. The van der Waals surface area contributed by atoms with Gasteiger partial charge in [0.1, 0.15) is 67.7 Å². The molecule has 0 radical (unpaired) electrons. The van der Waals surface area contributed by atoms with Crippen LogP contribution < -0.4 is 29.6 Å². The Bertz CT molecular complexity index is 3310. The molecule has 0 amide bonds. The zero-order chi connectivity index (χ0) is 63.6. The largest absolute Gasteiger partial charge is 1.00 e. The second kappa shape index (κ2) is 31.6. The first-order valence-electron chi connectivity index (χ1n) is 28.7. The average Bonchev–Trinajstić information content (AvgIpc) is 2.15. The maximum absolute atomic E-state index is 11.8. The van der Waals surface area contributed by atoms with Crippen LogP contribution in [0.2, 0.25) is 0 Å². The van der Waals surface area contributed by atoms with E-state index in [-0.39, 0.29) is 87.0 Å². The summed E-state index contributed by atoms with van der Waals surface area (Å²) >= 11 is -1.86. The Labute approximate surface area is 550 Å². The third kappa shape index (κ3) is 19.7. The molecule has 4 heterocycles. The number of aromatic hydroxyl groups is 2. The van der Waals surface area contributed by atoms with Gasteiger partial charge in [-0.05, 0) is 168 Å². The molecule has 2 N–H and O–H groups in total. The number of aryl methyl sites for hydroxylation is 4. The molecule has 8 bridgehead atoms. The van der Waals surface area contributed by atoms with Crippen molar-refractivity contribution in [2.75, 3.05) is 17.8 Å². The van der Waals surface area contributed by atoms with E-state index in [9.17, 15) is 55.3 Å². The molecule has 4 aliphatic heterocycles. The van der Waals surface area contributed by atoms with Gasteiger partial charge in [0.05, 0.1) is 33.6 Å². The maximum Gasteiger partial charge on any atom is 1.00 e. The summed E-state index contributed by atoms with van der Waals surface area (Å²) in [6.45, 7) is 7.85. The summed E-state index contributed by atoms with van der Waals surface area (Å²) in [5.74, 6) is -3.65. The van der Waals surface area contributed by atoms with Gasteiger partial charge in [-0.3, -0.25) is 23.4 Å². The molecule has 6 aromatic rings. The predicted molar refractivity (Wildman–Crippen MR) is 327 cm³/mol. The van der Waals surface area contributed by atoms with Crippen LogP contribution in [0, 0.1) is 63.2 Å². The molecule has 4 saturated carbocycles. The molecule has 89 heavy (non-hydrogen) atoms. The van der Waals surface area contributed by atoms with Crippen molar-refractivity contribution < 1.29 is 113 Å². The van der Waals surface area contributed by atoms with Gasteiger partial charge in [0, 0.05) is 36.1 Å². The van der Waals surface area contributed by atoms with Crippen molar-refractivity contribution in [3.8, 4) is 11.5 Å². The molecule has 8 aliphatic rings. The standard InChI is InChI=1S/2C20H18OS.2C12H16O7S.CH4O2S.Na/c2*1-15-13-19(14-16(2)20(15)21)22(17-9-5-3-6-10-17)18-11-7-4-8-12-18;2*13-10(5-20(15,16)17)19-11-7-1-6-2-8(4-7)12(14)18-9(11)3-6;1-4(2)3;/h2*3-14H,1-2H3;2*6-9,11H,1-5H2,(H,15,16,17);1H3,(H,2,3);/q;;;;;+1/p-1. The predicted octanol–water partition coefficient (Wildman–Crippen LogP) is 6.32. The van der Waals surface area contributed by atoms with E-state index >= 15 is 0 Å². The fraction of sp³-hybridized carbons (Fsp3) is 0.385. The molecule has 11 unspecified atom stereocenters. The van der Waals surface area contributed by atoms with Crippen LogP contribution in [-0.4, -0.2) is 111 Å². The van der Waals surface area contributed by atoms with E-state index in [1.54, 1.807) is 0 Å². The van der Waals surface area contributed by atoms with Crippen LogP contribution in [0.25, 0.3) is 0 Å². The fourth-order valence-corrected chi connectivity index (χ4v) is 17.9. The minimum absolute atomic E-state index is 0. The Morgan fingerprint density at radius 1 is 0.506 bits per heavy atom.